The van der Waals surface area contributed by atoms with E-state index in [2.05, 4.69) is 20.9 Å². The SMILES string of the molecule is COC(=O)C1=C(C)N=c2s/c(=C\c3cc(Br)ccc3OCc3ccc(C)cc3)c(=O)n2[C@@H]1c1cc(Cl)ccc1OC. The monoisotopic (exact) mass is 652 g/mol. The summed E-state index contributed by atoms with van der Waals surface area (Å²) in [7, 11) is 2.82. The van der Waals surface area contributed by atoms with Gasteiger partial charge in [0.2, 0.25) is 0 Å². The van der Waals surface area contributed by atoms with Crippen LogP contribution in [-0.4, -0.2) is 24.8 Å². The van der Waals surface area contributed by atoms with Crippen LogP contribution in [0.1, 0.15) is 35.2 Å². The number of nitrogens with zero attached hydrogens (tertiary/aromatic N) is 2. The molecule has 0 unspecified atom stereocenters. The molecular weight excluding hydrogens is 628 g/mol. The van der Waals surface area contributed by atoms with Crippen molar-refractivity contribution in [3.05, 3.63) is 123 Å². The highest BCUT2D eigenvalue weighted by Gasteiger charge is 2.35. The van der Waals surface area contributed by atoms with Crippen molar-refractivity contribution in [2.45, 2.75) is 26.5 Å². The Labute approximate surface area is 254 Å². The van der Waals surface area contributed by atoms with Crippen molar-refractivity contribution in [2.24, 2.45) is 4.99 Å². The van der Waals surface area contributed by atoms with Gasteiger partial charge in [-0.05, 0) is 61.9 Å². The Kier molecular flexibility index (Phi) is 8.49. The number of halogens is 2. The van der Waals surface area contributed by atoms with E-state index in [1.54, 1.807) is 31.2 Å². The van der Waals surface area contributed by atoms with Crippen molar-refractivity contribution in [3.8, 4) is 11.5 Å². The second-order valence-electron chi connectivity index (χ2n) is 9.42. The molecule has 0 saturated heterocycles. The minimum atomic E-state index is -0.853. The molecule has 0 N–H and O–H groups in total. The molecule has 1 aliphatic rings. The molecule has 210 valence electrons. The molecule has 2 heterocycles. The Morgan fingerprint density at radius 2 is 1.80 bits per heavy atom. The van der Waals surface area contributed by atoms with Gasteiger partial charge in [-0.3, -0.25) is 9.36 Å². The van der Waals surface area contributed by atoms with Gasteiger partial charge in [-0.15, -0.1) is 0 Å². The highest BCUT2D eigenvalue weighted by molar-refractivity contribution is 9.10. The number of rotatable bonds is 7. The smallest absolute Gasteiger partial charge is 0.338 e. The van der Waals surface area contributed by atoms with Gasteiger partial charge in [-0.2, -0.15) is 0 Å². The van der Waals surface area contributed by atoms with Crippen molar-refractivity contribution in [1.29, 1.82) is 0 Å². The summed E-state index contributed by atoms with van der Waals surface area (Å²) in [5.41, 5.74) is 3.83. The summed E-state index contributed by atoms with van der Waals surface area (Å²) in [6, 6.07) is 18.0. The van der Waals surface area contributed by atoms with E-state index in [0.29, 0.717) is 43.7 Å². The Morgan fingerprint density at radius 1 is 1.07 bits per heavy atom. The normalized spacial score (nSPS) is 14.9. The number of ether oxygens (including phenoxy) is 3. The number of carbonyl (C=O) groups excluding carboxylic acids is 1. The number of methoxy groups -OCH3 is 2. The van der Waals surface area contributed by atoms with Gasteiger partial charge in [0.1, 0.15) is 24.1 Å². The average molecular weight is 654 g/mol. The summed E-state index contributed by atoms with van der Waals surface area (Å²) in [6.45, 7) is 4.13. The second-order valence-corrected chi connectivity index (χ2v) is 11.8. The third-order valence-corrected chi connectivity index (χ3v) is 8.40. The number of allylic oxidation sites excluding steroid dienone is 1. The number of carbonyl (C=O) groups is 1. The molecule has 4 aromatic rings. The number of thiazole rings is 1. The van der Waals surface area contributed by atoms with Crippen LogP contribution in [0.4, 0.5) is 0 Å². The largest absolute Gasteiger partial charge is 0.496 e. The van der Waals surface area contributed by atoms with Crippen LogP contribution in [0.5, 0.6) is 11.5 Å². The van der Waals surface area contributed by atoms with Crippen LogP contribution >= 0.6 is 38.9 Å². The van der Waals surface area contributed by atoms with E-state index in [1.165, 1.54) is 35.7 Å². The Balaban J connectivity index is 1.66. The Hall–Kier alpha value is -3.66. The third kappa shape index (κ3) is 5.88. The van der Waals surface area contributed by atoms with Gasteiger partial charge in [-0.1, -0.05) is 68.7 Å². The molecule has 0 bridgehead atoms. The molecule has 0 fully saturated rings. The van der Waals surface area contributed by atoms with Crippen molar-refractivity contribution < 1.29 is 19.0 Å². The summed E-state index contributed by atoms with van der Waals surface area (Å²) in [4.78, 5) is 32.1. The number of hydrogen-bond acceptors (Lipinski definition) is 7. The summed E-state index contributed by atoms with van der Waals surface area (Å²) in [5.74, 6) is 0.509. The highest BCUT2D eigenvalue weighted by atomic mass is 79.9. The van der Waals surface area contributed by atoms with Crippen LogP contribution in [0.25, 0.3) is 6.08 Å². The quantitative estimate of drug-likeness (QED) is 0.239. The molecule has 0 aliphatic carbocycles. The van der Waals surface area contributed by atoms with Crippen LogP contribution in [-0.2, 0) is 16.1 Å². The average Bonchev–Trinajstić information content (AvgIpc) is 3.26. The lowest BCUT2D eigenvalue weighted by Crippen LogP contribution is -2.40. The molecule has 0 spiro atoms. The second kappa shape index (κ2) is 12.1. The third-order valence-electron chi connectivity index (χ3n) is 6.69. The van der Waals surface area contributed by atoms with E-state index in [-0.39, 0.29) is 11.1 Å². The fraction of sp³-hybridized carbons (Fsp3) is 0.194. The first-order valence-corrected chi connectivity index (χ1v) is 14.6. The van der Waals surface area contributed by atoms with Gasteiger partial charge in [0.05, 0.1) is 30.0 Å². The first-order valence-electron chi connectivity index (χ1n) is 12.6. The summed E-state index contributed by atoms with van der Waals surface area (Å²) >= 11 is 11.1. The van der Waals surface area contributed by atoms with E-state index < -0.39 is 12.0 Å². The first-order chi connectivity index (χ1) is 19.7. The molecule has 0 saturated carbocycles. The molecule has 0 amide bonds. The predicted molar refractivity (Wildman–Crippen MR) is 163 cm³/mol. The predicted octanol–water partition coefficient (Wildman–Crippen LogP) is 5.72. The highest BCUT2D eigenvalue weighted by Crippen LogP contribution is 2.37. The van der Waals surface area contributed by atoms with E-state index in [4.69, 9.17) is 25.8 Å². The number of esters is 1. The van der Waals surface area contributed by atoms with Gasteiger partial charge in [0.15, 0.2) is 4.80 Å². The van der Waals surface area contributed by atoms with E-state index in [0.717, 1.165) is 15.6 Å². The molecule has 41 heavy (non-hydrogen) atoms. The minimum absolute atomic E-state index is 0.233. The molecule has 0 radical (unpaired) electrons. The maximum Gasteiger partial charge on any atom is 0.338 e. The van der Waals surface area contributed by atoms with Crippen molar-refractivity contribution in [1.82, 2.24) is 4.57 Å². The summed E-state index contributed by atoms with van der Waals surface area (Å²) in [5, 5.41) is 0.436. The van der Waals surface area contributed by atoms with E-state index >= 15 is 0 Å². The molecule has 1 aromatic heterocycles. The van der Waals surface area contributed by atoms with Crippen LogP contribution < -0.4 is 24.4 Å². The zero-order valence-electron chi connectivity index (χ0n) is 22.7. The van der Waals surface area contributed by atoms with E-state index in [1.807, 2.05) is 49.4 Å². The Bertz CT molecular complexity index is 1860. The molecule has 3 aromatic carbocycles. The maximum atomic E-state index is 14.0. The zero-order chi connectivity index (χ0) is 29.3. The summed E-state index contributed by atoms with van der Waals surface area (Å²) in [6.07, 6.45) is 1.78. The molecule has 1 aliphatic heterocycles. The first kappa shape index (κ1) is 28.9. The standard InChI is InChI=1S/C31H26BrClN2O5S/c1-17-5-7-19(8-6-17)16-40-24-11-9-21(32)13-20(24)14-26-29(36)35-28(23-15-22(33)10-12-25(23)38-3)27(30(37)39-4)18(2)34-31(35)41-26/h5-15,28H,16H2,1-4H3/b26-14-/t28-/m1/s1. The molecule has 7 nitrogen and oxygen atoms in total. The molecule has 10 heteroatoms. The number of aryl methyl sites for hydroxylation is 1. The van der Waals surface area contributed by atoms with Crippen molar-refractivity contribution in [3.63, 3.8) is 0 Å². The van der Waals surface area contributed by atoms with Crippen LogP contribution in [0.15, 0.2) is 86.2 Å². The number of aromatic nitrogens is 1. The minimum Gasteiger partial charge on any atom is -0.496 e. The topological polar surface area (TPSA) is 79.1 Å². The van der Waals surface area contributed by atoms with Gasteiger partial charge >= 0.3 is 5.97 Å². The molecule has 1 atom stereocenters. The van der Waals surface area contributed by atoms with Crippen LogP contribution in [0.3, 0.4) is 0 Å². The fourth-order valence-corrected chi connectivity index (χ4v) is 6.25. The van der Waals surface area contributed by atoms with Crippen LogP contribution in [0, 0.1) is 6.92 Å². The lowest BCUT2D eigenvalue weighted by Gasteiger charge is -2.25. The van der Waals surface area contributed by atoms with Gasteiger partial charge in [0, 0.05) is 20.6 Å². The lowest BCUT2D eigenvalue weighted by molar-refractivity contribution is -0.136. The Morgan fingerprint density at radius 3 is 2.51 bits per heavy atom. The van der Waals surface area contributed by atoms with E-state index in [9.17, 15) is 9.59 Å². The fourth-order valence-electron chi connectivity index (χ4n) is 4.66. The maximum absolute atomic E-state index is 14.0. The molecule has 5 rings (SSSR count). The molecular formula is C31H26BrClN2O5S. The summed E-state index contributed by atoms with van der Waals surface area (Å²) < 4.78 is 19.6. The number of hydrogen-bond donors (Lipinski definition) is 0. The van der Waals surface area contributed by atoms with Crippen molar-refractivity contribution in [2.75, 3.05) is 14.2 Å². The number of fused-ring (bicyclic) bond motifs is 1. The zero-order valence-corrected chi connectivity index (χ0v) is 25.9. The number of benzene rings is 3. The van der Waals surface area contributed by atoms with Gasteiger partial charge in [0.25, 0.3) is 5.56 Å². The van der Waals surface area contributed by atoms with Gasteiger partial charge in [-0.25, -0.2) is 9.79 Å². The van der Waals surface area contributed by atoms with Gasteiger partial charge < -0.3 is 14.2 Å². The van der Waals surface area contributed by atoms with Crippen molar-refractivity contribution >= 4 is 50.9 Å². The lowest BCUT2D eigenvalue weighted by atomic mass is 9.95. The van der Waals surface area contributed by atoms with Crippen LogP contribution in [0.2, 0.25) is 5.02 Å².